The lowest BCUT2D eigenvalue weighted by Crippen LogP contribution is -2.39. The molecule has 0 amide bonds. The molecular weight excluding hydrogens is 268 g/mol. The molecule has 0 aliphatic carbocycles. The van der Waals surface area contributed by atoms with Crippen molar-refractivity contribution in [1.29, 1.82) is 0 Å². The van der Waals surface area contributed by atoms with Crippen molar-refractivity contribution in [2.45, 2.75) is 31.8 Å². The largest absolute Gasteiger partial charge is 0.379 e. The second-order valence-electron chi connectivity index (χ2n) is 5.76. The van der Waals surface area contributed by atoms with E-state index in [2.05, 4.69) is 25.8 Å². The first-order chi connectivity index (χ1) is 10.6. The first kappa shape index (κ1) is 16.1. The Morgan fingerprint density at radius 2 is 1.50 bits per heavy atom. The van der Waals surface area contributed by atoms with E-state index < -0.39 is 11.5 Å². The van der Waals surface area contributed by atoms with E-state index in [0.717, 1.165) is 11.1 Å². The van der Waals surface area contributed by atoms with Gasteiger partial charge in [0.1, 0.15) is 6.10 Å². The molecule has 1 heteroatoms. The molecule has 0 bridgehead atoms. The molecule has 0 fully saturated rings. The third kappa shape index (κ3) is 3.13. The summed E-state index contributed by atoms with van der Waals surface area (Å²) in [4.78, 5) is 0. The lowest BCUT2D eigenvalue weighted by Gasteiger charge is -2.36. The highest BCUT2D eigenvalue weighted by Gasteiger charge is 2.39. The Labute approximate surface area is 133 Å². The molecule has 2 aromatic rings. The maximum absolute atomic E-state index is 10.7. The normalized spacial score (nSPS) is 12.3. The molecule has 0 saturated carbocycles. The van der Waals surface area contributed by atoms with Gasteiger partial charge >= 0.3 is 0 Å². The number of benzene rings is 2. The van der Waals surface area contributed by atoms with Gasteiger partial charge in [-0.3, -0.25) is 0 Å². The maximum atomic E-state index is 10.7. The van der Waals surface area contributed by atoms with Crippen LogP contribution in [0, 0.1) is 12.3 Å². The monoisotopic (exact) mass is 290 g/mol. The molecule has 1 atom stereocenters. The van der Waals surface area contributed by atoms with E-state index in [-0.39, 0.29) is 0 Å². The Morgan fingerprint density at radius 3 is 1.86 bits per heavy atom. The van der Waals surface area contributed by atoms with Crippen LogP contribution in [-0.2, 0) is 5.41 Å². The van der Waals surface area contributed by atoms with Crippen LogP contribution in [0.2, 0.25) is 0 Å². The minimum absolute atomic E-state index is 0.630. The number of hydrogen-bond donors (Lipinski definition) is 1. The van der Waals surface area contributed by atoms with Gasteiger partial charge in [0.15, 0.2) is 0 Å². The zero-order valence-electron chi connectivity index (χ0n) is 13.2. The number of terminal acetylenes is 1. The van der Waals surface area contributed by atoms with Gasteiger partial charge in [-0.2, -0.15) is 0 Å². The first-order valence-electron chi connectivity index (χ1n) is 7.50. The van der Waals surface area contributed by atoms with Crippen molar-refractivity contribution >= 4 is 0 Å². The Hall–Kier alpha value is -2.30. The van der Waals surface area contributed by atoms with Gasteiger partial charge in [0, 0.05) is 0 Å². The maximum Gasteiger partial charge on any atom is 0.128 e. The van der Waals surface area contributed by atoms with Crippen LogP contribution in [-0.4, -0.2) is 11.2 Å². The molecule has 112 valence electrons. The standard InChI is InChI=1S/C21H22O/c1-4-20(22)21(16-15-17(2)3,18-11-7-5-8-12-18)19-13-9-6-10-14-19/h1,5-15,20,22H,16H2,2-3H3. The number of rotatable bonds is 5. The van der Waals surface area contributed by atoms with Crippen LogP contribution in [0.5, 0.6) is 0 Å². The highest BCUT2D eigenvalue weighted by Crippen LogP contribution is 2.39. The fraction of sp³-hybridized carbons (Fsp3) is 0.238. The quantitative estimate of drug-likeness (QED) is 0.642. The molecular formula is C21H22O. The molecule has 0 heterocycles. The topological polar surface area (TPSA) is 20.2 Å². The van der Waals surface area contributed by atoms with E-state index in [9.17, 15) is 5.11 Å². The van der Waals surface area contributed by atoms with E-state index in [0.29, 0.717) is 6.42 Å². The van der Waals surface area contributed by atoms with Gasteiger partial charge in [0.25, 0.3) is 0 Å². The smallest absolute Gasteiger partial charge is 0.128 e. The summed E-state index contributed by atoms with van der Waals surface area (Å²) in [7, 11) is 0. The molecule has 1 nitrogen and oxygen atoms in total. The van der Waals surface area contributed by atoms with Gasteiger partial charge in [-0.25, -0.2) is 0 Å². The van der Waals surface area contributed by atoms with Crippen LogP contribution in [0.25, 0.3) is 0 Å². The Morgan fingerprint density at radius 1 is 1.05 bits per heavy atom. The highest BCUT2D eigenvalue weighted by atomic mass is 16.3. The van der Waals surface area contributed by atoms with E-state index >= 15 is 0 Å². The van der Waals surface area contributed by atoms with Gasteiger partial charge < -0.3 is 5.11 Å². The molecule has 1 unspecified atom stereocenters. The van der Waals surface area contributed by atoms with Gasteiger partial charge in [0.2, 0.25) is 0 Å². The Bertz CT molecular complexity index is 619. The molecule has 0 aliphatic rings. The molecule has 0 aliphatic heterocycles. The first-order valence-corrected chi connectivity index (χ1v) is 7.50. The zero-order chi connectivity index (χ0) is 16.0. The van der Waals surface area contributed by atoms with Crippen LogP contribution >= 0.6 is 0 Å². The van der Waals surface area contributed by atoms with Crippen LogP contribution in [0.4, 0.5) is 0 Å². The van der Waals surface area contributed by atoms with Crippen LogP contribution in [0.15, 0.2) is 72.3 Å². The van der Waals surface area contributed by atoms with Crippen molar-refractivity contribution in [3.63, 3.8) is 0 Å². The van der Waals surface area contributed by atoms with Crippen molar-refractivity contribution < 1.29 is 5.11 Å². The summed E-state index contributed by atoms with van der Waals surface area (Å²) in [6.45, 7) is 4.12. The fourth-order valence-corrected chi connectivity index (χ4v) is 2.81. The van der Waals surface area contributed by atoms with E-state index in [4.69, 9.17) is 6.42 Å². The second-order valence-corrected chi connectivity index (χ2v) is 5.76. The van der Waals surface area contributed by atoms with Gasteiger partial charge in [-0.1, -0.05) is 78.2 Å². The van der Waals surface area contributed by atoms with Crippen molar-refractivity contribution in [2.24, 2.45) is 0 Å². The van der Waals surface area contributed by atoms with E-state index in [1.54, 1.807) is 0 Å². The van der Waals surface area contributed by atoms with Crippen LogP contribution in [0.1, 0.15) is 31.4 Å². The molecule has 2 rings (SSSR count). The molecule has 22 heavy (non-hydrogen) atoms. The van der Waals surface area contributed by atoms with Gasteiger partial charge in [-0.05, 0) is 31.4 Å². The fourth-order valence-electron chi connectivity index (χ4n) is 2.81. The van der Waals surface area contributed by atoms with E-state index in [1.807, 2.05) is 60.7 Å². The third-order valence-corrected chi connectivity index (χ3v) is 4.03. The van der Waals surface area contributed by atoms with Gasteiger partial charge in [-0.15, -0.1) is 6.42 Å². The highest BCUT2D eigenvalue weighted by molar-refractivity contribution is 5.44. The number of hydrogen-bond acceptors (Lipinski definition) is 1. The van der Waals surface area contributed by atoms with Gasteiger partial charge in [0.05, 0.1) is 5.41 Å². The van der Waals surface area contributed by atoms with Crippen LogP contribution < -0.4 is 0 Å². The average molecular weight is 290 g/mol. The minimum Gasteiger partial charge on any atom is -0.379 e. The summed E-state index contributed by atoms with van der Waals surface area (Å²) in [5, 5.41) is 10.7. The SMILES string of the molecule is C#CC(O)C(CC=C(C)C)(c1ccccc1)c1ccccc1. The summed E-state index contributed by atoms with van der Waals surface area (Å²) in [6.07, 6.45) is 7.52. The minimum atomic E-state index is -0.895. The Balaban J connectivity index is 2.69. The van der Waals surface area contributed by atoms with Crippen LogP contribution in [0.3, 0.4) is 0 Å². The van der Waals surface area contributed by atoms with E-state index in [1.165, 1.54) is 5.57 Å². The summed E-state index contributed by atoms with van der Waals surface area (Å²) in [5.41, 5.74) is 2.64. The number of aliphatic hydroxyl groups is 1. The summed E-state index contributed by atoms with van der Waals surface area (Å²) >= 11 is 0. The average Bonchev–Trinajstić information content (AvgIpc) is 2.57. The molecule has 1 N–H and O–H groups in total. The van der Waals surface area contributed by atoms with Crippen molar-refractivity contribution in [1.82, 2.24) is 0 Å². The van der Waals surface area contributed by atoms with Crippen molar-refractivity contribution in [3.8, 4) is 12.3 Å². The zero-order valence-corrected chi connectivity index (χ0v) is 13.2. The molecule has 0 aromatic heterocycles. The summed E-state index contributed by atoms with van der Waals surface area (Å²) in [5.74, 6) is 2.55. The lowest BCUT2D eigenvalue weighted by molar-refractivity contribution is 0.156. The van der Waals surface area contributed by atoms with Crippen molar-refractivity contribution in [3.05, 3.63) is 83.4 Å². The molecule has 2 aromatic carbocycles. The van der Waals surface area contributed by atoms with Crippen molar-refractivity contribution in [2.75, 3.05) is 0 Å². The molecule has 0 spiro atoms. The predicted octanol–water partition coefficient (Wildman–Crippen LogP) is 4.32. The number of allylic oxidation sites excluding steroid dienone is 2. The molecule has 0 saturated heterocycles. The Kier molecular flexibility index (Phi) is 5.20. The number of aliphatic hydroxyl groups excluding tert-OH is 1. The molecule has 0 radical (unpaired) electrons. The lowest BCUT2D eigenvalue weighted by atomic mass is 9.68. The second kappa shape index (κ2) is 7.11. The summed E-state index contributed by atoms with van der Waals surface area (Å²) < 4.78 is 0. The summed E-state index contributed by atoms with van der Waals surface area (Å²) in [6, 6.07) is 20.0. The predicted molar refractivity (Wildman–Crippen MR) is 92.6 cm³/mol. The third-order valence-electron chi connectivity index (χ3n) is 4.03.